The summed E-state index contributed by atoms with van der Waals surface area (Å²) in [6.07, 6.45) is 9.34. The van der Waals surface area contributed by atoms with E-state index in [1.54, 1.807) is 6.20 Å². The van der Waals surface area contributed by atoms with Crippen molar-refractivity contribution in [2.24, 2.45) is 5.73 Å². The van der Waals surface area contributed by atoms with Crippen molar-refractivity contribution in [2.45, 2.75) is 51.5 Å². The largest absolute Gasteiger partial charge is 0.323 e. The van der Waals surface area contributed by atoms with Crippen LogP contribution in [0.1, 0.15) is 56.4 Å². The second-order valence-corrected chi connectivity index (χ2v) is 4.45. The minimum atomic E-state index is 0.150. The molecule has 1 heterocycles. The summed E-state index contributed by atoms with van der Waals surface area (Å²) in [5, 5.41) is 3.79. The summed E-state index contributed by atoms with van der Waals surface area (Å²) in [5.74, 6) is 0. The van der Waals surface area contributed by atoms with Gasteiger partial charge < -0.3 is 5.73 Å². The van der Waals surface area contributed by atoms with Gasteiger partial charge in [-0.1, -0.05) is 43.5 Å². The molecular weight excluding hydrogens is 194 g/mol. The molecule has 0 aliphatic rings. The molecule has 1 rings (SSSR count). The van der Waals surface area contributed by atoms with Gasteiger partial charge in [-0.3, -0.25) is 0 Å². The lowest BCUT2D eigenvalue weighted by Gasteiger charge is -2.07. The Kier molecular flexibility index (Phi) is 5.71. The van der Waals surface area contributed by atoms with Crippen LogP contribution in [0.3, 0.4) is 0 Å². The fraction of sp³-hybridized carbons (Fsp3) is 0.800. The predicted molar refractivity (Wildman–Crippen MR) is 60.2 cm³/mol. The second kappa shape index (κ2) is 6.90. The first kappa shape index (κ1) is 11.6. The number of aromatic nitrogens is 2. The Labute approximate surface area is 89.9 Å². The van der Waals surface area contributed by atoms with Gasteiger partial charge in [-0.25, -0.2) is 0 Å². The molecule has 1 unspecified atom stereocenters. The molecule has 14 heavy (non-hydrogen) atoms. The van der Waals surface area contributed by atoms with E-state index in [0.717, 1.165) is 11.3 Å². The van der Waals surface area contributed by atoms with Gasteiger partial charge in [-0.15, -0.1) is 5.10 Å². The third-order valence-electron chi connectivity index (χ3n) is 2.36. The van der Waals surface area contributed by atoms with Crippen molar-refractivity contribution in [1.29, 1.82) is 0 Å². The van der Waals surface area contributed by atoms with Crippen molar-refractivity contribution in [1.82, 2.24) is 9.59 Å². The van der Waals surface area contributed by atoms with Crippen molar-refractivity contribution in [3.05, 3.63) is 11.1 Å². The summed E-state index contributed by atoms with van der Waals surface area (Å²) in [7, 11) is 0. The monoisotopic (exact) mass is 213 g/mol. The summed E-state index contributed by atoms with van der Waals surface area (Å²) in [6, 6.07) is 0.150. The van der Waals surface area contributed by atoms with E-state index in [-0.39, 0.29) is 6.04 Å². The smallest absolute Gasteiger partial charge is 0.0669 e. The first-order valence-electron chi connectivity index (χ1n) is 5.37. The summed E-state index contributed by atoms with van der Waals surface area (Å²) in [4.78, 5) is 1.11. The van der Waals surface area contributed by atoms with Gasteiger partial charge >= 0.3 is 0 Å². The van der Waals surface area contributed by atoms with Crippen molar-refractivity contribution in [3.8, 4) is 0 Å². The molecule has 0 spiro atoms. The molecule has 1 aromatic heterocycles. The van der Waals surface area contributed by atoms with E-state index in [9.17, 15) is 0 Å². The number of nitrogens with zero attached hydrogens (tertiary/aromatic N) is 2. The van der Waals surface area contributed by atoms with Crippen LogP contribution in [0.15, 0.2) is 6.20 Å². The molecule has 1 aromatic rings. The summed E-state index contributed by atoms with van der Waals surface area (Å²) in [5.41, 5.74) is 5.98. The highest BCUT2D eigenvalue weighted by molar-refractivity contribution is 7.05. The minimum absolute atomic E-state index is 0.150. The zero-order chi connectivity index (χ0) is 10.2. The number of hydrogen-bond donors (Lipinski definition) is 1. The Hall–Kier alpha value is -0.480. The van der Waals surface area contributed by atoms with E-state index < -0.39 is 0 Å². The first-order valence-corrected chi connectivity index (χ1v) is 6.14. The molecule has 0 aliphatic carbocycles. The fourth-order valence-corrected chi connectivity index (χ4v) is 1.98. The normalized spacial score (nSPS) is 13.0. The molecule has 0 aliphatic heterocycles. The van der Waals surface area contributed by atoms with Crippen molar-refractivity contribution < 1.29 is 0 Å². The topological polar surface area (TPSA) is 51.8 Å². The molecule has 0 saturated carbocycles. The van der Waals surface area contributed by atoms with Crippen molar-refractivity contribution in [2.75, 3.05) is 0 Å². The number of rotatable bonds is 7. The zero-order valence-corrected chi connectivity index (χ0v) is 9.59. The van der Waals surface area contributed by atoms with E-state index in [2.05, 4.69) is 16.5 Å². The quantitative estimate of drug-likeness (QED) is 0.708. The molecule has 0 saturated heterocycles. The van der Waals surface area contributed by atoms with Crippen LogP contribution in [-0.4, -0.2) is 9.59 Å². The maximum atomic E-state index is 5.98. The molecule has 0 amide bonds. The maximum Gasteiger partial charge on any atom is 0.0669 e. The standard InChI is InChI=1S/C10H19N3S/c1-2-3-4-5-6-7-9(11)10-8-12-13-14-10/h8-9H,2-7,11H2,1H3. The van der Waals surface area contributed by atoms with Crippen LogP contribution in [0.5, 0.6) is 0 Å². The van der Waals surface area contributed by atoms with Crippen LogP contribution in [0.4, 0.5) is 0 Å². The lowest BCUT2D eigenvalue weighted by atomic mass is 10.1. The van der Waals surface area contributed by atoms with Gasteiger partial charge in [-0.2, -0.15) is 0 Å². The Balaban J connectivity index is 2.07. The molecule has 2 N–H and O–H groups in total. The van der Waals surface area contributed by atoms with E-state index in [1.165, 1.54) is 43.6 Å². The third kappa shape index (κ3) is 4.15. The molecular formula is C10H19N3S. The Bertz CT molecular complexity index is 223. The molecule has 0 bridgehead atoms. The Morgan fingerprint density at radius 2 is 2.14 bits per heavy atom. The summed E-state index contributed by atoms with van der Waals surface area (Å²) >= 11 is 1.41. The van der Waals surface area contributed by atoms with Gasteiger partial charge in [0.2, 0.25) is 0 Å². The van der Waals surface area contributed by atoms with E-state index in [4.69, 9.17) is 5.73 Å². The zero-order valence-electron chi connectivity index (χ0n) is 8.78. The van der Waals surface area contributed by atoms with Crippen LogP contribution < -0.4 is 5.73 Å². The third-order valence-corrected chi connectivity index (χ3v) is 3.16. The van der Waals surface area contributed by atoms with Crippen LogP contribution in [0.2, 0.25) is 0 Å². The van der Waals surface area contributed by atoms with Gasteiger partial charge in [-0.05, 0) is 18.0 Å². The Morgan fingerprint density at radius 3 is 2.79 bits per heavy atom. The number of unbranched alkanes of at least 4 members (excludes halogenated alkanes) is 4. The highest BCUT2D eigenvalue weighted by atomic mass is 32.1. The molecule has 4 heteroatoms. The molecule has 80 valence electrons. The van der Waals surface area contributed by atoms with Crippen LogP contribution in [0.25, 0.3) is 0 Å². The van der Waals surface area contributed by atoms with Crippen molar-refractivity contribution in [3.63, 3.8) is 0 Å². The molecule has 0 radical (unpaired) electrons. The fourth-order valence-electron chi connectivity index (χ4n) is 1.45. The highest BCUT2D eigenvalue weighted by Crippen LogP contribution is 2.19. The van der Waals surface area contributed by atoms with Crippen LogP contribution >= 0.6 is 11.5 Å². The van der Waals surface area contributed by atoms with Gasteiger partial charge in [0.15, 0.2) is 0 Å². The number of hydrogen-bond acceptors (Lipinski definition) is 4. The average Bonchev–Trinajstić information content (AvgIpc) is 2.70. The average molecular weight is 213 g/mol. The number of nitrogens with two attached hydrogens (primary N) is 1. The predicted octanol–water partition coefficient (Wildman–Crippen LogP) is 2.90. The lowest BCUT2D eigenvalue weighted by Crippen LogP contribution is -2.08. The van der Waals surface area contributed by atoms with Gasteiger partial charge in [0.05, 0.1) is 11.1 Å². The second-order valence-electron chi connectivity index (χ2n) is 3.63. The first-order chi connectivity index (χ1) is 6.84. The molecule has 0 aromatic carbocycles. The van der Waals surface area contributed by atoms with E-state index in [0.29, 0.717) is 0 Å². The van der Waals surface area contributed by atoms with Crippen LogP contribution in [0, 0.1) is 0 Å². The highest BCUT2D eigenvalue weighted by Gasteiger charge is 2.07. The van der Waals surface area contributed by atoms with E-state index in [1.807, 2.05) is 0 Å². The molecule has 1 atom stereocenters. The SMILES string of the molecule is CCCCCCCC(N)c1cnns1. The summed E-state index contributed by atoms with van der Waals surface area (Å²) in [6.45, 7) is 2.23. The molecule has 3 nitrogen and oxygen atoms in total. The van der Waals surface area contributed by atoms with Crippen LogP contribution in [-0.2, 0) is 0 Å². The maximum absolute atomic E-state index is 5.98. The van der Waals surface area contributed by atoms with Gasteiger partial charge in [0.25, 0.3) is 0 Å². The van der Waals surface area contributed by atoms with E-state index >= 15 is 0 Å². The summed E-state index contributed by atoms with van der Waals surface area (Å²) < 4.78 is 3.81. The lowest BCUT2D eigenvalue weighted by molar-refractivity contribution is 0.559. The minimum Gasteiger partial charge on any atom is -0.323 e. The van der Waals surface area contributed by atoms with Gasteiger partial charge in [0, 0.05) is 6.04 Å². The van der Waals surface area contributed by atoms with Gasteiger partial charge in [0.1, 0.15) is 0 Å². The molecule has 0 fully saturated rings. The Morgan fingerprint density at radius 1 is 1.36 bits per heavy atom. The van der Waals surface area contributed by atoms with Crippen molar-refractivity contribution >= 4 is 11.5 Å².